The van der Waals surface area contributed by atoms with Gasteiger partial charge in [0, 0.05) is 16.6 Å². The van der Waals surface area contributed by atoms with Crippen molar-refractivity contribution in [1.29, 1.82) is 0 Å². The second-order valence-electron chi connectivity index (χ2n) is 4.91. The zero-order valence-corrected chi connectivity index (χ0v) is 12.4. The Balaban J connectivity index is 2.11. The molecule has 0 spiro atoms. The number of hydrogen-bond donors (Lipinski definition) is 0. The summed E-state index contributed by atoms with van der Waals surface area (Å²) < 4.78 is 10.5. The highest BCUT2D eigenvalue weighted by Crippen LogP contribution is 2.28. The first kappa shape index (κ1) is 13.4. The van der Waals surface area contributed by atoms with Crippen LogP contribution in [0.2, 0.25) is 0 Å². The fourth-order valence-electron chi connectivity index (χ4n) is 2.43. The average Bonchev–Trinajstić information content (AvgIpc) is 2.54. The van der Waals surface area contributed by atoms with Crippen LogP contribution in [-0.2, 0) is 0 Å². The van der Waals surface area contributed by atoms with Gasteiger partial charge in [0.25, 0.3) is 0 Å². The van der Waals surface area contributed by atoms with Gasteiger partial charge in [0.1, 0.15) is 11.5 Å². The van der Waals surface area contributed by atoms with Crippen LogP contribution < -0.4 is 9.47 Å². The van der Waals surface area contributed by atoms with Gasteiger partial charge in [-0.1, -0.05) is 6.07 Å². The highest BCUT2D eigenvalue weighted by molar-refractivity contribution is 5.88. The first-order valence-electron chi connectivity index (χ1n) is 6.81. The van der Waals surface area contributed by atoms with Crippen LogP contribution in [0.1, 0.15) is 5.69 Å². The number of aromatic nitrogens is 1. The van der Waals surface area contributed by atoms with Gasteiger partial charge < -0.3 is 9.47 Å². The van der Waals surface area contributed by atoms with Gasteiger partial charge in [-0.2, -0.15) is 0 Å². The summed E-state index contributed by atoms with van der Waals surface area (Å²) in [6.45, 7) is 2.02. The molecule has 1 aromatic heterocycles. The van der Waals surface area contributed by atoms with Crippen LogP contribution in [0, 0.1) is 6.92 Å². The van der Waals surface area contributed by atoms with E-state index in [-0.39, 0.29) is 0 Å². The fourth-order valence-corrected chi connectivity index (χ4v) is 2.43. The van der Waals surface area contributed by atoms with Crippen LogP contribution in [0.4, 0.5) is 0 Å². The zero-order valence-electron chi connectivity index (χ0n) is 12.4. The number of methoxy groups -OCH3 is 2. The molecule has 0 aliphatic rings. The van der Waals surface area contributed by atoms with Gasteiger partial charge >= 0.3 is 0 Å². The molecule has 0 fully saturated rings. The Morgan fingerprint density at radius 1 is 0.810 bits per heavy atom. The summed E-state index contributed by atoms with van der Waals surface area (Å²) in [5.74, 6) is 1.70. The van der Waals surface area contributed by atoms with E-state index in [9.17, 15) is 0 Å². The number of ether oxygens (including phenoxy) is 2. The molecule has 106 valence electrons. The second-order valence-corrected chi connectivity index (χ2v) is 4.91. The van der Waals surface area contributed by atoms with Crippen LogP contribution in [0.15, 0.2) is 48.5 Å². The molecule has 2 aromatic carbocycles. The number of rotatable bonds is 3. The highest BCUT2D eigenvalue weighted by Gasteiger charge is 2.06. The summed E-state index contributed by atoms with van der Waals surface area (Å²) in [7, 11) is 3.34. The van der Waals surface area contributed by atoms with Crippen molar-refractivity contribution in [2.75, 3.05) is 14.2 Å². The van der Waals surface area contributed by atoms with Crippen molar-refractivity contribution in [1.82, 2.24) is 4.98 Å². The molecule has 0 unspecified atom stereocenters. The average molecular weight is 279 g/mol. The van der Waals surface area contributed by atoms with E-state index in [4.69, 9.17) is 14.5 Å². The van der Waals surface area contributed by atoms with Crippen LogP contribution in [-0.4, -0.2) is 19.2 Å². The first-order valence-corrected chi connectivity index (χ1v) is 6.81. The summed E-state index contributed by atoms with van der Waals surface area (Å²) in [5, 5.41) is 2.28. The van der Waals surface area contributed by atoms with E-state index in [1.54, 1.807) is 14.2 Å². The maximum Gasteiger partial charge on any atom is 0.119 e. The second kappa shape index (κ2) is 5.44. The lowest BCUT2D eigenvalue weighted by atomic mass is 10.0. The Morgan fingerprint density at radius 2 is 1.48 bits per heavy atom. The molecule has 3 nitrogen and oxygen atoms in total. The molecule has 0 aliphatic carbocycles. The lowest BCUT2D eigenvalue weighted by Crippen LogP contribution is -1.91. The minimum atomic E-state index is 0.848. The van der Waals surface area contributed by atoms with Crippen molar-refractivity contribution in [3.05, 3.63) is 54.2 Å². The predicted octanol–water partition coefficient (Wildman–Crippen LogP) is 4.23. The smallest absolute Gasteiger partial charge is 0.119 e. The maximum atomic E-state index is 5.28. The Hall–Kier alpha value is -2.55. The lowest BCUT2D eigenvalue weighted by molar-refractivity contribution is 0.415. The van der Waals surface area contributed by atoms with Gasteiger partial charge in [-0.05, 0) is 54.8 Å². The van der Waals surface area contributed by atoms with Crippen molar-refractivity contribution in [2.24, 2.45) is 0 Å². The van der Waals surface area contributed by atoms with Crippen LogP contribution in [0.25, 0.3) is 22.0 Å². The fraction of sp³-hybridized carbons (Fsp3) is 0.167. The third-order valence-corrected chi connectivity index (χ3v) is 3.62. The van der Waals surface area contributed by atoms with E-state index in [2.05, 4.69) is 12.1 Å². The normalized spacial score (nSPS) is 10.6. The summed E-state index contributed by atoms with van der Waals surface area (Å²) in [6.07, 6.45) is 0. The molecule has 0 amide bonds. The quantitative estimate of drug-likeness (QED) is 0.719. The maximum absolute atomic E-state index is 5.28. The van der Waals surface area contributed by atoms with E-state index in [1.807, 2.05) is 43.3 Å². The summed E-state index contributed by atoms with van der Waals surface area (Å²) in [6, 6.07) is 16.1. The Morgan fingerprint density at radius 3 is 2.14 bits per heavy atom. The SMILES string of the molecule is COc1ccc(-c2cc3ccc(OC)cc3c(C)n2)cc1. The molecule has 0 bridgehead atoms. The number of aryl methyl sites for hydroxylation is 1. The minimum Gasteiger partial charge on any atom is -0.497 e. The van der Waals surface area contributed by atoms with Crippen molar-refractivity contribution in [3.8, 4) is 22.8 Å². The molecule has 3 heteroatoms. The molecule has 0 saturated carbocycles. The first-order chi connectivity index (χ1) is 10.2. The van der Waals surface area contributed by atoms with Crippen molar-refractivity contribution in [3.63, 3.8) is 0 Å². The van der Waals surface area contributed by atoms with E-state index >= 15 is 0 Å². The third kappa shape index (κ3) is 2.55. The molecular weight excluding hydrogens is 262 g/mol. The van der Waals surface area contributed by atoms with Gasteiger partial charge in [-0.25, -0.2) is 0 Å². The molecule has 0 atom stereocenters. The molecule has 0 N–H and O–H groups in total. The number of hydrogen-bond acceptors (Lipinski definition) is 3. The van der Waals surface area contributed by atoms with Crippen molar-refractivity contribution in [2.45, 2.75) is 6.92 Å². The standard InChI is InChI=1S/C18H17NO2/c1-12-17-11-16(21-3)9-6-14(17)10-18(19-12)13-4-7-15(20-2)8-5-13/h4-11H,1-3H3. The summed E-state index contributed by atoms with van der Waals surface area (Å²) in [5.41, 5.74) is 3.04. The van der Waals surface area contributed by atoms with Crippen LogP contribution >= 0.6 is 0 Å². The monoisotopic (exact) mass is 279 g/mol. The summed E-state index contributed by atoms with van der Waals surface area (Å²) >= 11 is 0. The number of nitrogens with zero attached hydrogens (tertiary/aromatic N) is 1. The van der Waals surface area contributed by atoms with Gasteiger partial charge in [0.2, 0.25) is 0 Å². The Kier molecular flexibility index (Phi) is 3.48. The molecular formula is C18H17NO2. The molecule has 1 heterocycles. The van der Waals surface area contributed by atoms with Crippen LogP contribution in [0.3, 0.4) is 0 Å². The van der Waals surface area contributed by atoms with E-state index in [0.29, 0.717) is 0 Å². The number of pyridine rings is 1. The zero-order chi connectivity index (χ0) is 14.8. The summed E-state index contributed by atoms with van der Waals surface area (Å²) in [4.78, 5) is 4.71. The van der Waals surface area contributed by atoms with Crippen molar-refractivity contribution >= 4 is 10.8 Å². The molecule has 3 rings (SSSR count). The molecule has 0 saturated heterocycles. The Bertz CT molecular complexity index is 779. The Labute approximate surface area is 124 Å². The van der Waals surface area contributed by atoms with Gasteiger partial charge in [-0.15, -0.1) is 0 Å². The third-order valence-electron chi connectivity index (χ3n) is 3.62. The lowest BCUT2D eigenvalue weighted by Gasteiger charge is -2.09. The van der Waals surface area contributed by atoms with E-state index < -0.39 is 0 Å². The van der Waals surface area contributed by atoms with Crippen LogP contribution in [0.5, 0.6) is 11.5 Å². The topological polar surface area (TPSA) is 31.4 Å². The largest absolute Gasteiger partial charge is 0.497 e. The van der Waals surface area contributed by atoms with Gasteiger partial charge in [0.15, 0.2) is 0 Å². The number of benzene rings is 2. The molecule has 0 aliphatic heterocycles. The molecule has 3 aromatic rings. The molecule has 0 radical (unpaired) electrons. The number of fused-ring (bicyclic) bond motifs is 1. The van der Waals surface area contributed by atoms with Crippen molar-refractivity contribution < 1.29 is 9.47 Å². The van der Waals surface area contributed by atoms with Gasteiger partial charge in [-0.3, -0.25) is 4.98 Å². The van der Waals surface area contributed by atoms with E-state index in [0.717, 1.165) is 39.2 Å². The van der Waals surface area contributed by atoms with E-state index in [1.165, 1.54) is 0 Å². The van der Waals surface area contributed by atoms with Gasteiger partial charge in [0.05, 0.1) is 19.9 Å². The predicted molar refractivity (Wildman–Crippen MR) is 85.0 cm³/mol. The molecule has 21 heavy (non-hydrogen) atoms. The minimum absolute atomic E-state index is 0.848. The highest BCUT2D eigenvalue weighted by atomic mass is 16.5.